The molecule has 0 aliphatic rings. The Hall–Kier alpha value is -1.88. The number of halogens is 2. The van der Waals surface area contributed by atoms with Crippen molar-refractivity contribution in [2.75, 3.05) is 0 Å². The molecular weight excluding hydrogens is 264 g/mol. The summed E-state index contributed by atoms with van der Waals surface area (Å²) in [5.41, 5.74) is 0.692. The Morgan fingerprint density at radius 1 is 1.20 bits per heavy atom. The summed E-state index contributed by atoms with van der Waals surface area (Å²) < 4.78 is 34.5. The van der Waals surface area contributed by atoms with Crippen LogP contribution in [0, 0.1) is 0 Å². The van der Waals surface area contributed by atoms with E-state index in [4.69, 9.17) is 4.42 Å². The monoisotopic (exact) mass is 281 g/mol. The maximum Gasteiger partial charge on any atom is 0.387 e. The zero-order valence-electron chi connectivity index (χ0n) is 11.2. The van der Waals surface area contributed by atoms with Crippen molar-refractivity contribution >= 4 is 0 Å². The first-order valence-electron chi connectivity index (χ1n) is 6.50. The average molecular weight is 281 g/mol. The SMILES string of the molecule is CCC(NCc1ccccc1OC(F)F)c1ccco1. The van der Waals surface area contributed by atoms with Gasteiger partial charge < -0.3 is 14.5 Å². The minimum Gasteiger partial charge on any atom is -0.468 e. The van der Waals surface area contributed by atoms with Gasteiger partial charge in [-0.1, -0.05) is 25.1 Å². The number of benzene rings is 1. The van der Waals surface area contributed by atoms with E-state index < -0.39 is 6.61 Å². The Bertz CT molecular complexity index is 514. The van der Waals surface area contributed by atoms with Gasteiger partial charge in [0.2, 0.25) is 0 Å². The van der Waals surface area contributed by atoms with Gasteiger partial charge in [-0.15, -0.1) is 0 Å². The van der Waals surface area contributed by atoms with Crippen molar-refractivity contribution in [3.05, 3.63) is 54.0 Å². The fourth-order valence-electron chi connectivity index (χ4n) is 2.03. The molecule has 0 fully saturated rings. The van der Waals surface area contributed by atoms with Crippen molar-refractivity contribution in [2.24, 2.45) is 0 Å². The average Bonchev–Trinajstić information content (AvgIpc) is 2.95. The summed E-state index contributed by atoms with van der Waals surface area (Å²) in [4.78, 5) is 0. The highest BCUT2D eigenvalue weighted by Crippen LogP contribution is 2.22. The smallest absolute Gasteiger partial charge is 0.387 e. The Labute approximate surface area is 116 Å². The lowest BCUT2D eigenvalue weighted by molar-refractivity contribution is -0.0505. The molecule has 1 heterocycles. The predicted molar refractivity (Wildman–Crippen MR) is 71.7 cm³/mol. The van der Waals surface area contributed by atoms with E-state index in [-0.39, 0.29) is 11.8 Å². The molecule has 20 heavy (non-hydrogen) atoms. The van der Waals surface area contributed by atoms with Gasteiger partial charge in [0.05, 0.1) is 12.3 Å². The van der Waals surface area contributed by atoms with Crippen molar-refractivity contribution in [3.63, 3.8) is 0 Å². The summed E-state index contributed by atoms with van der Waals surface area (Å²) in [5, 5.41) is 3.28. The van der Waals surface area contributed by atoms with Crippen LogP contribution in [0.25, 0.3) is 0 Å². The van der Waals surface area contributed by atoms with Crippen LogP contribution in [-0.2, 0) is 6.54 Å². The van der Waals surface area contributed by atoms with Crippen molar-refractivity contribution in [1.82, 2.24) is 5.32 Å². The van der Waals surface area contributed by atoms with E-state index in [9.17, 15) is 8.78 Å². The molecule has 1 atom stereocenters. The molecule has 5 heteroatoms. The van der Waals surface area contributed by atoms with Crippen LogP contribution in [0.1, 0.15) is 30.7 Å². The number of hydrogen-bond acceptors (Lipinski definition) is 3. The highest BCUT2D eigenvalue weighted by Gasteiger charge is 2.13. The van der Waals surface area contributed by atoms with E-state index >= 15 is 0 Å². The molecule has 0 saturated heterocycles. The number of furan rings is 1. The van der Waals surface area contributed by atoms with Crippen LogP contribution < -0.4 is 10.1 Å². The molecule has 0 radical (unpaired) electrons. The molecule has 1 unspecified atom stereocenters. The van der Waals surface area contributed by atoms with Gasteiger partial charge >= 0.3 is 6.61 Å². The number of rotatable bonds is 7. The fourth-order valence-corrected chi connectivity index (χ4v) is 2.03. The lowest BCUT2D eigenvalue weighted by Crippen LogP contribution is -2.20. The quantitative estimate of drug-likeness (QED) is 0.829. The number of nitrogens with one attached hydrogen (secondary N) is 1. The summed E-state index contributed by atoms with van der Waals surface area (Å²) in [6, 6.07) is 10.5. The summed E-state index contributed by atoms with van der Waals surface area (Å²) >= 11 is 0. The minimum atomic E-state index is -2.82. The first-order chi connectivity index (χ1) is 9.70. The van der Waals surface area contributed by atoms with Crippen molar-refractivity contribution < 1.29 is 17.9 Å². The molecule has 0 saturated carbocycles. The van der Waals surface area contributed by atoms with Crippen LogP contribution in [-0.4, -0.2) is 6.61 Å². The van der Waals surface area contributed by atoms with E-state index in [1.165, 1.54) is 6.07 Å². The molecule has 0 spiro atoms. The maximum atomic E-state index is 12.3. The summed E-state index contributed by atoms with van der Waals surface area (Å²) in [5.74, 6) is 1.03. The van der Waals surface area contributed by atoms with Crippen molar-refractivity contribution in [3.8, 4) is 5.75 Å². The zero-order chi connectivity index (χ0) is 14.4. The molecule has 1 aromatic carbocycles. The molecule has 2 rings (SSSR count). The first-order valence-corrected chi connectivity index (χ1v) is 6.50. The summed E-state index contributed by atoms with van der Waals surface area (Å²) in [6.45, 7) is -0.354. The van der Waals surface area contributed by atoms with E-state index in [1.54, 1.807) is 24.5 Å². The Kier molecular flexibility index (Phi) is 5.12. The largest absolute Gasteiger partial charge is 0.468 e. The van der Waals surface area contributed by atoms with Gasteiger partial charge in [0.25, 0.3) is 0 Å². The lowest BCUT2D eigenvalue weighted by atomic mass is 10.1. The van der Waals surface area contributed by atoms with E-state index in [1.807, 2.05) is 19.1 Å². The molecule has 1 N–H and O–H groups in total. The van der Waals surface area contributed by atoms with E-state index in [2.05, 4.69) is 10.1 Å². The number of hydrogen-bond donors (Lipinski definition) is 1. The predicted octanol–water partition coefficient (Wildman–Crippen LogP) is 4.12. The van der Waals surface area contributed by atoms with Crippen LogP contribution in [0.5, 0.6) is 5.75 Å². The van der Waals surface area contributed by atoms with Gasteiger partial charge in [0.1, 0.15) is 11.5 Å². The third-order valence-corrected chi connectivity index (χ3v) is 3.02. The topological polar surface area (TPSA) is 34.4 Å². The minimum absolute atomic E-state index is 0.0459. The third-order valence-electron chi connectivity index (χ3n) is 3.02. The molecule has 0 bridgehead atoms. The van der Waals surface area contributed by atoms with Crippen molar-refractivity contribution in [2.45, 2.75) is 32.5 Å². The lowest BCUT2D eigenvalue weighted by Gasteiger charge is -2.16. The van der Waals surface area contributed by atoms with Gasteiger partial charge in [0.15, 0.2) is 0 Å². The van der Waals surface area contributed by atoms with Crippen LogP contribution in [0.3, 0.4) is 0 Å². The number of ether oxygens (including phenoxy) is 1. The van der Waals surface area contributed by atoms with E-state index in [0.717, 1.165) is 12.2 Å². The molecular formula is C15H17F2NO2. The number of alkyl halides is 2. The molecule has 0 amide bonds. The summed E-state index contributed by atoms with van der Waals surface area (Å²) in [7, 11) is 0. The second-order valence-corrected chi connectivity index (χ2v) is 4.34. The van der Waals surface area contributed by atoms with Crippen molar-refractivity contribution in [1.29, 1.82) is 0 Å². The maximum absolute atomic E-state index is 12.3. The Morgan fingerprint density at radius 2 is 2.00 bits per heavy atom. The van der Waals surface area contributed by atoms with Crippen LogP contribution in [0.15, 0.2) is 47.1 Å². The second-order valence-electron chi connectivity index (χ2n) is 4.34. The van der Waals surface area contributed by atoms with Gasteiger partial charge in [0, 0.05) is 12.1 Å². The second kappa shape index (κ2) is 7.05. The van der Waals surface area contributed by atoms with Gasteiger partial charge in [-0.3, -0.25) is 0 Å². The molecule has 108 valence electrons. The molecule has 1 aromatic heterocycles. The molecule has 0 aliphatic carbocycles. The first kappa shape index (κ1) is 14.5. The Morgan fingerprint density at radius 3 is 2.65 bits per heavy atom. The number of para-hydroxylation sites is 1. The highest BCUT2D eigenvalue weighted by atomic mass is 19.3. The third kappa shape index (κ3) is 3.81. The molecule has 2 aromatic rings. The molecule has 3 nitrogen and oxygen atoms in total. The van der Waals surface area contributed by atoms with Gasteiger partial charge in [-0.2, -0.15) is 8.78 Å². The Balaban J connectivity index is 2.03. The van der Waals surface area contributed by atoms with Gasteiger partial charge in [-0.25, -0.2) is 0 Å². The fraction of sp³-hybridized carbons (Fsp3) is 0.333. The molecule has 0 aliphatic heterocycles. The zero-order valence-corrected chi connectivity index (χ0v) is 11.2. The van der Waals surface area contributed by atoms with Crippen LogP contribution in [0.2, 0.25) is 0 Å². The highest BCUT2D eigenvalue weighted by molar-refractivity contribution is 5.33. The van der Waals surface area contributed by atoms with E-state index in [0.29, 0.717) is 12.1 Å². The standard InChI is InChI=1S/C15H17F2NO2/c1-2-12(14-8-5-9-19-14)18-10-11-6-3-4-7-13(11)20-15(16)17/h3-9,12,15,18H,2,10H2,1H3. The van der Waals surface area contributed by atoms with Crippen LogP contribution >= 0.6 is 0 Å². The van der Waals surface area contributed by atoms with Crippen LogP contribution in [0.4, 0.5) is 8.78 Å². The van der Waals surface area contributed by atoms with Gasteiger partial charge in [-0.05, 0) is 24.6 Å². The summed E-state index contributed by atoms with van der Waals surface area (Å²) in [6.07, 6.45) is 2.46. The normalized spacial score (nSPS) is 12.6.